The van der Waals surface area contributed by atoms with Gasteiger partial charge in [-0.05, 0) is 30.9 Å². The van der Waals surface area contributed by atoms with Crippen molar-refractivity contribution in [3.63, 3.8) is 0 Å². The molecule has 0 N–H and O–H groups in total. The topological polar surface area (TPSA) is 57.5 Å². The van der Waals surface area contributed by atoms with Crippen molar-refractivity contribution in [3.05, 3.63) is 23.0 Å². The van der Waals surface area contributed by atoms with Crippen molar-refractivity contribution in [3.8, 4) is 0 Å². The zero-order valence-corrected chi connectivity index (χ0v) is 16.4. The molecule has 27 heavy (non-hydrogen) atoms. The molecule has 1 aliphatic carbocycles. The van der Waals surface area contributed by atoms with E-state index in [4.69, 9.17) is 9.47 Å². The maximum Gasteiger partial charge on any atom is 0.309 e. The fourth-order valence-corrected chi connectivity index (χ4v) is 6.19. The lowest BCUT2D eigenvalue weighted by Crippen LogP contribution is -2.36. The van der Waals surface area contributed by atoms with Crippen molar-refractivity contribution in [1.82, 2.24) is 4.57 Å². The van der Waals surface area contributed by atoms with Crippen LogP contribution in [0.5, 0.6) is 0 Å². The van der Waals surface area contributed by atoms with E-state index in [0.717, 1.165) is 37.9 Å². The summed E-state index contributed by atoms with van der Waals surface area (Å²) in [5, 5.41) is 0. The van der Waals surface area contributed by atoms with Gasteiger partial charge in [-0.3, -0.25) is 9.59 Å². The maximum atomic E-state index is 12.4. The van der Waals surface area contributed by atoms with E-state index in [1.807, 2.05) is 13.8 Å². The summed E-state index contributed by atoms with van der Waals surface area (Å²) in [4.78, 5) is 24.5. The van der Waals surface area contributed by atoms with Gasteiger partial charge in [-0.15, -0.1) is 0 Å². The zero-order valence-electron chi connectivity index (χ0n) is 16.4. The molecule has 3 aliphatic heterocycles. The quantitative estimate of drug-likeness (QED) is 0.736. The minimum atomic E-state index is -0.149. The Hall–Kier alpha value is -1.78. The van der Waals surface area contributed by atoms with Crippen molar-refractivity contribution in [2.75, 3.05) is 0 Å². The number of ether oxygens (including phenoxy) is 2. The van der Waals surface area contributed by atoms with E-state index in [1.54, 1.807) is 0 Å². The van der Waals surface area contributed by atoms with Crippen molar-refractivity contribution in [2.24, 2.45) is 17.8 Å². The maximum absolute atomic E-state index is 12.4. The normalized spacial score (nSPS) is 40.2. The van der Waals surface area contributed by atoms with Crippen LogP contribution in [0.3, 0.4) is 0 Å². The van der Waals surface area contributed by atoms with E-state index in [-0.39, 0.29) is 41.9 Å². The molecule has 5 nitrogen and oxygen atoms in total. The zero-order chi connectivity index (χ0) is 18.9. The molecule has 7 atom stereocenters. The highest BCUT2D eigenvalue weighted by Gasteiger charge is 2.54. The SMILES string of the molecule is CC[C@@H]1[C@@H]2OC(=O)[C@H](C)[C@@H]2c2cc([C@@H]3C[C@H](C)C(=O)O3)n3c2[C@@H]1CCCC3. The van der Waals surface area contributed by atoms with Crippen molar-refractivity contribution >= 4 is 11.9 Å². The van der Waals surface area contributed by atoms with Crippen LogP contribution in [0.15, 0.2) is 6.07 Å². The molecular weight excluding hydrogens is 342 g/mol. The molecule has 5 heteroatoms. The first kappa shape index (κ1) is 17.3. The van der Waals surface area contributed by atoms with Crippen LogP contribution in [0.25, 0.3) is 0 Å². The summed E-state index contributed by atoms with van der Waals surface area (Å²) in [5.74, 6) is 0.690. The summed E-state index contributed by atoms with van der Waals surface area (Å²) in [5.41, 5.74) is 3.85. The fourth-order valence-electron chi connectivity index (χ4n) is 6.19. The van der Waals surface area contributed by atoms with Crippen molar-refractivity contribution < 1.29 is 19.1 Å². The summed E-state index contributed by atoms with van der Waals surface area (Å²) >= 11 is 0. The minimum Gasteiger partial charge on any atom is -0.461 e. The molecule has 4 heterocycles. The molecule has 0 amide bonds. The highest BCUT2D eigenvalue weighted by Crippen LogP contribution is 2.55. The van der Waals surface area contributed by atoms with Gasteiger partial charge in [0.05, 0.1) is 17.5 Å². The number of carbonyl (C=O) groups excluding carboxylic acids is 2. The van der Waals surface area contributed by atoms with Gasteiger partial charge < -0.3 is 14.0 Å². The molecular formula is C22H29NO4. The molecule has 2 fully saturated rings. The molecule has 0 unspecified atom stereocenters. The lowest BCUT2D eigenvalue weighted by molar-refractivity contribution is -0.146. The highest BCUT2D eigenvalue weighted by atomic mass is 16.6. The van der Waals surface area contributed by atoms with Crippen LogP contribution in [0.2, 0.25) is 0 Å². The molecule has 146 valence electrons. The number of esters is 2. The fraction of sp³-hybridized carbons (Fsp3) is 0.727. The van der Waals surface area contributed by atoms with Crippen molar-refractivity contribution in [1.29, 1.82) is 0 Å². The first-order valence-electron chi connectivity index (χ1n) is 10.7. The Bertz CT molecular complexity index is 796. The lowest BCUT2D eigenvalue weighted by Gasteiger charge is -2.39. The van der Waals surface area contributed by atoms with E-state index in [2.05, 4.69) is 17.6 Å². The molecule has 1 aromatic rings. The predicted molar refractivity (Wildman–Crippen MR) is 99.2 cm³/mol. The third kappa shape index (κ3) is 2.36. The van der Waals surface area contributed by atoms with E-state index in [0.29, 0.717) is 11.8 Å². The van der Waals surface area contributed by atoms with E-state index in [1.165, 1.54) is 17.7 Å². The van der Waals surface area contributed by atoms with Gasteiger partial charge in [0.15, 0.2) is 0 Å². The van der Waals surface area contributed by atoms with Gasteiger partial charge in [-0.1, -0.05) is 27.2 Å². The van der Waals surface area contributed by atoms with Gasteiger partial charge in [0, 0.05) is 36.4 Å². The predicted octanol–water partition coefficient (Wildman–Crippen LogP) is 4.06. The molecule has 0 spiro atoms. The molecule has 1 aromatic heterocycles. The molecule has 0 bridgehead atoms. The van der Waals surface area contributed by atoms with E-state index >= 15 is 0 Å². The minimum absolute atomic E-state index is 0.00171. The van der Waals surface area contributed by atoms with Gasteiger partial charge >= 0.3 is 11.9 Å². The summed E-state index contributed by atoms with van der Waals surface area (Å²) in [7, 11) is 0. The third-order valence-electron chi connectivity index (χ3n) is 7.54. The Morgan fingerprint density at radius 3 is 2.67 bits per heavy atom. The average Bonchev–Trinajstić information content (AvgIpc) is 3.20. The number of rotatable bonds is 2. The van der Waals surface area contributed by atoms with Crippen LogP contribution in [-0.4, -0.2) is 22.6 Å². The number of fused-ring (bicyclic) bond motifs is 2. The van der Waals surface area contributed by atoms with E-state index in [9.17, 15) is 9.59 Å². The molecule has 0 aromatic carbocycles. The monoisotopic (exact) mass is 371 g/mol. The molecule has 5 rings (SSSR count). The van der Waals surface area contributed by atoms with Crippen LogP contribution in [0.4, 0.5) is 0 Å². The van der Waals surface area contributed by atoms with Crippen LogP contribution < -0.4 is 0 Å². The number of hydrogen-bond acceptors (Lipinski definition) is 4. The van der Waals surface area contributed by atoms with Gasteiger partial charge in [0.2, 0.25) is 0 Å². The summed E-state index contributed by atoms with van der Waals surface area (Å²) < 4.78 is 14.1. The third-order valence-corrected chi connectivity index (χ3v) is 7.54. The Balaban J connectivity index is 1.67. The number of nitrogens with zero attached hydrogens (tertiary/aromatic N) is 1. The molecule has 2 saturated heterocycles. The Morgan fingerprint density at radius 2 is 1.96 bits per heavy atom. The number of hydrogen-bond donors (Lipinski definition) is 0. The largest absolute Gasteiger partial charge is 0.461 e. The number of carbonyl (C=O) groups is 2. The van der Waals surface area contributed by atoms with Gasteiger partial charge in [0.25, 0.3) is 0 Å². The van der Waals surface area contributed by atoms with Crippen LogP contribution in [0, 0.1) is 17.8 Å². The van der Waals surface area contributed by atoms with Crippen LogP contribution >= 0.6 is 0 Å². The van der Waals surface area contributed by atoms with Crippen molar-refractivity contribution in [2.45, 2.75) is 83.5 Å². The van der Waals surface area contributed by atoms with E-state index < -0.39 is 0 Å². The molecule has 0 radical (unpaired) electrons. The van der Waals surface area contributed by atoms with Gasteiger partial charge in [-0.2, -0.15) is 0 Å². The van der Waals surface area contributed by atoms with Gasteiger partial charge in [-0.25, -0.2) is 0 Å². The van der Waals surface area contributed by atoms with Crippen LogP contribution in [0.1, 0.15) is 87.8 Å². The number of cyclic esters (lactones) is 1. The Kier molecular flexibility index (Phi) is 3.92. The Labute approximate surface area is 160 Å². The first-order chi connectivity index (χ1) is 13.0. The smallest absolute Gasteiger partial charge is 0.309 e. The second kappa shape index (κ2) is 6.11. The summed E-state index contributed by atoms with van der Waals surface area (Å²) in [6, 6.07) is 2.26. The Morgan fingerprint density at radius 1 is 1.15 bits per heavy atom. The first-order valence-corrected chi connectivity index (χ1v) is 10.7. The van der Waals surface area contributed by atoms with Gasteiger partial charge in [0.1, 0.15) is 12.2 Å². The average molecular weight is 371 g/mol. The lowest BCUT2D eigenvalue weighted by atomic mass is 9.66. The van der Waals surface area contributed by atoms with Crippen LogP contribution in [-0.2, 0) is 25.6 Å². The number of aromatic nitrogens is 1. The second-order valence-electron chi connectivity index (χ2n) is 9.01. The summed E-state index contributed by atoms with van der Waals surface area (Å²) in [6.07, 6.45) is 5.14. The molecule has 0 saturated carbocycles. The summed E-state index contributed by atoms with van der Waals surface area (Å²) in [6.45, 7) is 7.17. The second-order valence-corrected chi connectivity index (χ2v) is 9.01. The standard InChI is InChI=1S/C22H29NO4/c1-4-13-14-7-5-6-8-23-16(17-9-11(2)21(24)26-17)10-15(19(14)23)18-12(3)22(25)27-20(13)18/h10-14,17-18,20H,4-9H2,1-3H3/t11-,12+,13-,14+,17-,18+,20-/m0/s1. The highest BCUT2D eigenvalue weighted by molar-refractivity contribution is 5.77. The molecule has 4 aliphatic rings.